The molecule has 1 unspecified atom stereocenters. The van der Waals surface area contributed by atoms with Crippen molar-refractivity contribution in [3.8, 4) is 0 Å². The fourth-order valence-corrected chi connectivity index (χ4v) is 1.62. The molecule has 0 saturated heterocycles. The summed E-state index contributed by atoms with van der Waals surface area (Å²) in [6.07, 6.45) is 1.79. The molecule has 0 bridgehead atoms. The normalized spacial score (nSPS) is 12.7. The Balaban J connectivity index is 2.58. The number of methoxy groups -OCH3 is 1. The van der Waals surface area contributed by atoms with E-state index in [2.05, 4.69) is 12.1 Å². The SMILES string of the molecule is COCCC(CCO)c1ccccc1. The summed E-state index contributed by atoms with van der Waals surface area (Å²) in [6, 6.07) is 10.3. The highest BCUT2D eigenvalue weighted by molar-refractivity contribution is 5.19. The lowest BCUT2D eigenvalue weighted by Crippen LogP contribution is -2.05. The van der Waals surface area contributed by atoms with E-state index in [0.717, 1.165) is 19.4 Å². The van der Waals surface area contributed by atoms with Gasteiger partial charge in [0.05, 0.1) is 0 Å². The van der Waals surface area contributed by atoms with Crippen LogP contribution >= 0.6 is 0 Å². The van der Waals surface area contributed by atoms with Gasteiger partial charge in [-0.1, -0.05) is 30.3 Å². The van der Waals surface area contributed by atoms with Gasteiger partial charge in [-0.25, -0.2) is 0 Å². The molecule has 2 nitrogen and oxygen atoms in total. The second-order valence-electron chi connectivity index (χ2n) is 3.40. The molecule has 0 aliphatic heterocycles. The molecule has 1 N–H and O–H groups in total. The highest BCUT2D eigenvalue weighted by atomic mass is 16.5. The van der Waals surface area contributed by atoms with Crippen LogP contribution in [0.3, 0.4) is 0 Å². The van der Waals surface area contributed by atoms with Crippen LogP contribution in [0.5, 0.6) is 0 Å². The Hall–Kier alpha value is -0.860. The van der Waals surface area contributed by atoms with Crippen molar-refractivity contribution in [3.05, 3.63) is 35.9 Å². The first-order valence-corrected chi connectivity index (χ1v) is 5.03. The average molecular weight is 194 g/mol. The molecular formula is C12H18O2. The van der Waals surface area contributed by atoms with Crippen LogP contribution in [0.15, 0.2) is 30.3 Å². The fourth-order valence-electron chi connectivity index (χ4n) is 1.62. The minimum Gasteiger partial charge on any atom is -0.396 e. The zero-order valence-corrected chi connectivity index (χ0v) is 8.65. The molecule has 1 atom stereocenters. The molecule has 1 rings (SSSR count). The summed E-state index contributed by atoms with van der Waals surface area (Å²) < 4.78 is 5.06. The standard InChI is InChI=1S/C12H18O2/c1-14-10-8-12(7-9-13)11-5-3-2-4-6-11/h2-6,12-13H,7-10H2,1H3. The van der Waals surface area contributed by atoms with Crippen LogP contribution in [0.2, 0.25) is 0 Å². The zero-order chi connectivity index (χ0) is 10.2. The molecule has 0 aliphatic carbocycles. The van der Waals surface area contributed by atoms with Gasteiger partial charge in [-0.3, -0.25) is 0 Å². The Morgan fingerprint density at radius 1 is 1.21 bits per heavy atom. The molecule has 1 aromatic rings. The molecule has 0 amide bonds. The third-order valence-corrected chi connectivity index (χ3v) is 2.42. The fraction of sp³-hybridized carbons (Fsp3) is 0.500. The first-order valence-electron chi connectivity index (χ1n) is 5.03. The maximum absolute atomic E-state index is 8.96. The van der Waals surface area contributed by atoms with Crippen LogP contribution in [0.1, 0.15) is 24.3 Å². The lowest BCUT2D eigenvalue weighted by molar-refractivity contribution is 0.180. The predicted molar refractivity (Wildman–Crippen MR) is 57.4 cm³/mol. The molecule has 2 heteroatoms. The van der Waals surface area contributed by atoms with Crippen molar-refractivity contribution in [2.75, 3.05) is 20.3 Å². The lowest BCUT2D eigenvalue weighted by atomic mass is 9.93. The molecule has 0 aliphatic rings. The van der Waals surface area contributed by atoms with Gasteiger partial charge in [-0.05, 0) is 24.3 Å². The minimum absolute atomic E-state index is 0.239. The van der Waals surface area contributed by atoms with E-state index in [1.807, 2.05) is 18.2 Å². The van der Waals surface area contributed by atoms with Gasteiger partial charge >= 0.3 is 0 Å². The molecule has 0 aromatic heterocycles. The van der Waals surface area contributed by atoms with Crippen LogP contribution in [0.4, 0.5) is 0 Å². The van der Waals surface area contributed by atoms with Crippen molar-refractivity contribution in [1.29, 1.82) is 0 Å². The van der Waals surface area contributed by atoms with Crippen LogP contribution in [0.25, 0.3) is 0 Å². The van der Waals surface area contributed by atoms with Gasteiger partial charge in [-0.2, -0.15) is 0 Å². The Labute approximate surface area is 85.5 Å². The number of aliphatic hydroxyl groups is 1. The van der Waals surface area contributed by atoms with Gasteiger partial charge in [0.25, 0.3) is 0 Å². The van der Waals surface area contributed by atoms with E-state index in [9.17, 15) is 0 Å². The summed E-state index contributed by atoms with van der Waals surface area (Å²) >= 11 is 0. The molecule has 0 radical (unpaired) electrons. The van der Waals surface area contributed by atoms with Gasteiger partial charge in [0.15, 0.2) is 0 Å². The van der Waals surface area contributed by atoms with Gasteiger partial charge < -0.3 is 9.84 Å². The quantitative estimate of drug-likeness (QED) is 0.752. The molecule has 1 aromatic carbocycles. The molecular weight excluding hydrogens is 176 g/mol. The summed E-state index contributed by atoms with van der Waals surface area (Å²) in [5.74, 6) is 0.418. The number of ether oxygens (including phenoxy) is 1. The van der Waals surface area contributed by atoms with E-state index < -0.39 is 0 Å². The smallest absolute Gasteiger partial charge is 0.0468 e. The van der Waals surface area contributed by atoms with Gasteiger partial charge in [0, 0.05) is 20.3 Å². The Bertz CT molecular complexity index is 233. The molecule has 0 fully saturated rings. The number of rotatable bonds is 6. The minimum atomic E-state index is 0.239. The second-order valence-corrected chi connectivity index (χ2v) is 3.40. The van der Waals surface area contributed by atoms with Crippen molar-refractivity contribution < 1.29 is 9.84 Å². The number of hydrogen-bond donors (Lipinski definition) is 1. The summed E-state index contributed by atoms with van der Waals surface area (Å²) in [4.78, 5) is 0. The summed E-state index contributed by atoms with van der Waals surface area (Å²) in [6.45, 7) is 0.989. The van der Waals surface area contributed by atoms with Gasteiger partial charge in [-0.15, -0.1) is 0 Å². The average Bonchev–Trinajstić information content (AvgIpc) is 2.25. The van der Waals surface area contributed by atoms with Crippen molar-refractivity contribution in [2.24, 2.45) is 0 Å². The highest BCUT2D eigenvalue weighted by Gasteiger charge is 2.09. The molecule has 78 valence electrons. The Kier molecular flexibility index (Phi) is 5.27. The monoisotopic (exact) mass is 194 g/mol. The van der Waals surface area contributed by atoms with E-state index >= 15 is 0 Å². The molecule has 0 saturated carbocycles. The van der Waals surface area contributed by atoms with E-state index in [1.165, 1.54) is 5.56 Å². The van der Waals surface area contributed by atoms with Crippen molar-refractivity contribution in [3.63, 3.8) is 0 Å². The number of aliphatic hydroxyl groups excluding tert-OH is 1. The van der Waals surface area contributed by atoms with Crippen LogP contribution < -0.4 is 0 Å². The van der Waals surface area contributed by atoms with Crippen LogP contribution in [-0.4, -0.2) is 25.4 Å². The second kappa shape index (κ2) is 6.57. The Morgan fingerprint density at radius 2 is 1.93 bits per heavy atom. The topological polar surface area (TPSA) is 29.5 Å². The first kappa shape index (κ1) is 11.2. The highest BCUT2D eigenvalue weighted by Crippen LogP contribution is 2.22. The zero-order valence-electron chi connectivity index (χ0n) is 8.65. The van der Waals surface area contributed by atoms with E-state index in [-0.39, 0.29) is 6.61 Å². The van der Waals surface area contributed by atoms with E-state index in [1.54, 1.807) is 7.11 Å². The van der Waals surface area contributed by atoms with Gasteiger partial charge in [0.1, 0.15) is 0 Å². The van der Waals surface area contributed by atoms with Crippen molar-refractivity contribution in [2.45, 2.75) is 18.8 Å². The maximum atomic E-state index is 8.96. The molecule has 14 heavy (non-hydrogen) atoms. The molecule has 0 spiro atoms. The maximum Gasteiger partial charge on any atom is 0.0468 e. The van der Waals surface area contributed by atoms with Gasteiger partial charge in [0.2, 0.25) is 0 Å². The van der Waals surface area contributed by atoms with E-state index in [4.69, 9.17) is 9.84 Å². The largest absolute Gasteiger partial charge is 0.396 e. The third kappa shape index (κ3) is 3.48. The van der Waals surface area contributed by atoms with Crippen molar-refractivity contribution >= 4 is 0 Å². The van der Waals surface area contributed by atoms with E-state index in [0.29, 0.717) is 5.92 Å². The first-order chi connectivity index (χ1) is 6.88. The lowest BCUT2D eigenvalue weighted by Gasteiger charge is -2.15. The van der Waals surface area contributed by atoms with Crippen LogP contribution in [-0.2, 0) is 4.74 Å². The van der Waals surface area contributed by atoms with Crippen molar-refractivity contribution in [1.82, 2.24) is 0 Å². The third-order valence-electron chi connectivity index (χ3n) is 2.42. The predicted octanol–water partition coefficient (Wildman–Crippen LogP) is 2.19. The number of hydrogen-bond acceptors (Lipinski definition) is 2. The summed E-state index contributed by atoms with van der Waals surface area (Å²) in [5, 5.41) is 8.96. The molecule has 0 heterocycles. The summed E-state index contributed by atoms with van der Waals surface area (Å²) in [7, 11) is 1.71. The van der Waals surface area contributed by atoms with Crippen LogP contribution in [0, 0.1) is 0 Å². The summed E-state index contributed by atoms with van der Waals surface area (Å²) in [5.41, 5.74) is 1.29. The Morgan fingerprint density at radius 3 is 2.50 bits per heavy atom. The number of benzene rings is 1.